The van der Waals surface area contributed by atoms with E-state index in [9.17, 15) is 0 Å². The Morgan fingerprint density at radius 2 is 2.00 bits per heavy atom. The van der Waals surface area contributed by atoms with E-state index in [1.54, 1.807) is 0 Å². The number of hydrogen-bond acceptors (Lipinski definition) is 3. The third kappa shape index (κ3) is 4.34. The average molecular weight is 298 g/mol. The van der Waals surface area contributed by atoms with Crippen LogP contribution in [0.15, 0.2) is 18.3 Å². The van der Waals surface area contributed by atoms with Gasteiger partial charge in [0.15, 0.2) is 0 Å². The molecule has 3 nitrogen and oxygen atoms in total. The minimum atomic E-state index is 0.150. The molecule has 0 saturated carbocycles. The van der Waals surface area contributed by atoms with Gasteiger partial charge in [0.1, 0.15) is 0 Å². The quantitative estimate of drug-likeness (QED) is 0.929. The molecule has 0 saturated heterocycles. The summed E-state index contributed by atoms with van der Waals surface area (Å²) in [6.07, 6.45) is 1.88. The Kier molecular flexibility index (Phi) is 4.33. The van der Waals surface area contributed by atoms with Crippen molar-refractivity contribution in [2.24, 2.45) is 0 Å². The first kappa shape index (κ1) is 14.6. The summed E-state index contributed by atoms with van der Waals surface area (Å²) >= 11 is 7.83. The van der Waals surface area contributed by atoms with Gasteiger partial charge < -0.3 is 5.32 Å². The molecule has 5 heteroatoms. The number of rotatable bonds is 4. The number of nitrogens with zero attached hydrogens (tertiary/aromatic N) is 2. The number of aryl methyl sites for hydroxylation is 1. The fourth-order valence-electron chi connectivity index (χ4n) is 1.69. The maximum Gasteiger partial charge on any atom is 0.0815 e. The fourth-order valence-corrected chi connectivity index (χ4v) is 2.79. The van der Waals surface area contributed by atoms with Gasteiger partial charge in [-0.15, -0.1) is 11.3 Å². The van der Waals surface area contributed by atoms with Crippen LogP contribution >= 0.6 is 22.9 Å². The second-order valence-electron chi connectivity index (χ2n) is 5.73. The maximum absolute atomic E-state index is 6.01. The molecule has 0 unspecified atom stereocenters. The highest BCUT2D eigenvalue weighted by molar-refractivity contribution is 7.11. The number of nitrogens with one attached hydrogen (secondary N) is 1. The molecule has 2 heterocycles. The summed E-state index contributed by atoms with van der Waals surface area (Å²) < 4.78 is 1.89. The standard InChI is InChI=1S/C14H20ClN3S/c1-10-13(15)9-18(17-10)8-12-6-5-11(19-12)7-16-14(2,3)4/h5-6,9,16H,7-8H2,1-4H3. The molecule has 0 aliphatic carbocycles. The molecule has 2 rings (SSSR count). The van der Waals surface area contributed by atoms with Gasteiger partial charge in [-0.1, -0.05) is 11.6 Å². The Labute approximate surface area is 123 Å². The number of halogens is 1. The number of hydrogen-bond donors (Lipinski definition) is 1. The smallest absolute Gasteiger partial charge is 0.0815 e. The molecular weight excluding hydrogens is 278 g/mol. The largest absolute Gasteiger partial charge is 0.307 e. The molecule has 0 radical (unpaired) electrons. The van der Waals surface area contributed by atoms with Gasteiger partial charge in [-0.3, -0.25) is 4.68 Å². The zero-order valence-electron chi connectivity index (χ0n) is 11.8. The minimum Gasteiger partial charge on any atom is -0.307 e. The van der Waals surface area contributed by atoms with E-state index < -0.39 is 0 Å². The molecule has 0 spiro atoms. The van der Waals surface area contributed by atoms with Crippen LogP contribution in [0.25, 0.3) is 0 Å². The molecule has 0 amide bonds. The zero-order valence-corrected chi connectivity index (χ0v) is 13.4. The molecule has 0 bridgehead atoms. The lowest BCUT2D eigenvalue weighted by Gasteiger charge is -2.19. The van der Waals surface area contributed by atoms with E-state index >= 15 is 0 Å². The highest BCUT2D eigenvalue weighted by Crippen LogP contribution is 2.20. The molecule has 0 aliphatic heterocycles. The molecule has 0 aromatic carbocycles. The molecule has 0 atom stereocenters. The molecule has 0 aliphatic rings. The Morgan fingerprint density at radius 3 is 2.58 bits per heavy atom. The van der Waals surface area contributed by atoms with Crippen LogP contribution < -0.4 is 5.32 Å². The van der Waals surface area contributed by atoms with E-state index in [1.165, 1.54) is 9.75 Å². The van der Waals surface area contributed by atoms with Gasteiger partial charge in [-0.25, -0.2) is 0 Å². The van der Waals surface area contributed by atoms with Crippen molar-refractivity contribution in [1.82, 2.24) is 15.1 Å². The molecule has 0 fully saturated rings. The summed E-state index contributed by atoms with van der Waals surface area (Å²) in [5, 5.41) is 8.60. The van der Waals surface area contributed by atoms with Gasteiger partial charge in [0.25, 0.3) is 0 Å². The van der Waals surface area contributed by atoms with Gasteiger partial charge >= 0.3 is 0 Å². The lowest BCUT2D eigenvalue weighted by atomic mass is 10.1. The van der Waals surface area contributed by atoms with Gasteiger partial charge in [0.05, 0.1) is 17.3 Å². The van der Waals surface area contributed by atoms with Crippen molar-refractivity contribution in [3.63, 3.8) is 0 Å². The second-order valence-corrected chi connectivity index (χ2v) is 7.39. The van der Waals surface area contributed by atoms with Gasteiger partial charge in [0, 0.05) is 28.0 Å². The van der Waals surface area contributed by atoms with Crippen molar-refractivity contribution in [3.8, 4) is 0 Å². The molecule has 1 N–H and O–H groups in total. The van der Waals surface area contributed by atoms with Gasteiger partial charge in [0.2, 0.25) is 0 Å². The van der Waals surface area contributed by atoms with Gasteiger partial charge in [-0.05, 0) is 39.8 Å². The number of aromatic nitrogens is 2. The third-order valence-electron chi connectivity index (χ3n) is 2.71. The van der Waals surface area contributed by atoms with Crippen molar-refractivity contribution in [2.45, 2.75) is 46.3 Å². The Balaban J connectivity index is 1.97. The van der Waals surface area contributed by atoms with Crippen molar-refractivity contribution in [1.29, 1.82) is 0 Å². The van der Waals surface area contributed by atoms with E-state index in [1.807, 2.05) is 29.1 Å². The lowest BCUT2D eigenvalue weighted by molar-refractivity contribution is 0.426. The highest BCUT2D eigenvalue weighted by atomic mass is 35.5. The van der Waals surface area contributed by atoms with Crippen LogP contribution in [-0.4, -0.2) is 15.3 Å². The number of thiophene rings is 1. The first-order valence-electron chi connectivity index (χ1n) is 6.36. The van der Waals surface area contributed by atoms with Crippen LogP contribution in [0.4, 0.5) is 0 Å². The Bertz CT molecular complexity index is 532. The van der Waals surface area contributed by atoms with E-state index in [0.29, 0.717) is 0 Å². The van der Waals surface area contributed by atoms with Crippen molar-refractivity contribution >= 4 is 22.9 Å². The van der Waals surface area contributed by atoms with E-state index in [2.05, 4.69) is 43.3 Å². The fraction of sp³-hybridized carbons (Fsp3) is 0.500. The van der Waals surface area contributed by atoms with Crippen LogP contribution in [0.5, 0.6) is 0 Å². The normalized spacial score (nSPS) is 12.1. The van der Waals surface area contributed by atoms with E-state index in [-0.39, 0.29) is 5.54 Å². The second kappa shape index (κ2) is 5.65. The predicted molar refractivity (Wildman–Crippen MR) is 82.0 cm³/mol. The Hall–Kier alpha value is -0.840. The summed E-state index contributed by atoms with van der Waals surface area (Å²) in [7, 11) is 0. The van der Waals surface area contributed by atoms with Crippen LogP contribution in [0.2, 0.25) is 5.02 Å². The van der Waals surface area contributed by atoms with Gasteiger partial charge in [-0.2, -0.15) is 5.10 Å². The zero-order chi connectivity index (χ0) is 14.0. The Morgan fingerprint density at radius 1 is 1.32 bits per heavy atom. The molecule has 2 aromatic heterocycles. The summed E-state index contributed by atoms with van der Waals surface area (Å²) in [5.41, 5.74) is 1.03. The van der Waals surface area contributed by atoms with Crippen LogP contribution in [0.1, 0.15) is 36.2 Å². The van der Waals surface area contributed by atoms with E-state index in [0.717, 1.165) is 23.8 Å². The molecule has 19 heavy (non-hydrogen) atoms. The van der Waals surface area contributed by atoms with Crippen molar-refractivity contribution in [2.75, 3.05) is 0 Å². The summed E-state index contributed by atoms with van der Waals surface area (Å²) in [4.78, 5) is 2.64. The first-order valence-corrected chi connectivity index (χ1v) is 7.55. The van der Waals surface area contributed by atoms with Crippen LogP contribution in [-0.2, 0) is 13.1 Å². The maximum atomic E-state index is 6.01. The minimum absolute atomic E-state index is 0.150. The lowest BCUT2D eigenvalue weighted by Crippen LogP contribution is -2.34. The average Bonchev–Trinajstić information content (AvgIpc) is 2.84. The highest BCUT2D eigenvalue weighted by Gasteiger charge is 2.10. The van der Waals surface area contributed by atoms with Crippen LogP contribution in [0.3, 0.4) is 0 Å². The topological polar surface area (TPSA) is 29.9 Å². The molecule has 2 aromatic rings. The molecular formula is C14H20ClN3S. The summed E-state index contributed by atoms with van der Waals surface area (Å²) in [6, 6.07) is 4.34. The SMILES string of the molecule is Cc1nn(Cc2ccc(CNC(C)(C)C)s2)cc1Cl. The summed E-state index contributed by atoms with van der Waals surface area (Å²) in [6.45, 7) is 10.1. The van der Waals surface area contributed by atoms with Crippen molar-refractivity contribution < 1.29 is 0 Å². The van der Waals surface area contributed by atoms with Crippen LogP contribution in [0, 0.1) is 6.92 Å². The summed E-state index contributed by atoms with van der Waals surface area (Å²) in [5.74, 6) is 0. The van der Waals surface area contributed by atoms with Crippen molar-refractivity contribution in [3.05, 3.63) is 38.8 Å². The molecule has 104 valence electrons. The monoisotopic (exact) mass is 297 g/mol. The third-order valence-corrected chi connectivity index (χ3v) is 4.16. The first-order chi connectivity index (χ1) is 8.83. The predicted octanol–water partition coefficient (Wildman–Crippen LogP) is 3.84. The van der Waals surface area contributed by atoms with E-state index in [4.69, 9.17) is 11.6 Å².